The molecular weight excluding hydrogens is 246 g/mol. The van der Waals surface area contributed by atoms with Crippen LogP contribution in [0.2, 0.25) is 0 Å². The van der Waals surface area contributed by atoms with Crippen molar-refractivity contribution in [3.8, 4) is 0 Å². The molecule has 0 bridgehead atoms. The third-order valence-electron chi connectivity index (χ3n) is 2.85. The lowest BCUT2D eigenvalue weighted by atomic mass is 10.2. The fourth-order valence-electron chi connectivity index (χ4n) is 1.87. The molecule has 1 saturated heterocycles. The fraction of sp³-hybridized carbons (Fsp3) is 0.500. The lowest BCUT2D eigenvalue weighted by Gasteiger charge is -2.10. The monoisotopic (exact) mass is 263 g/mol. The number of anilines is 1. The Morgan fingerprint density at radius 2 is 2.32 bits per heavy atom. The van der Waals surface area contributed by atoms with Gasteiger partial charge in [0.15, 0.2) is 5.69 Å². The molecule has 102 valence electrons. The molecule has 1 fully saturated rings. The van der Waals surface area contributed by atoms with Gasteiger partial charge in [0.1, 0.15) is 5.82 Å². The molecular formula is C12H17N5O2. The zero-order valence-corrected chi connectivity index (χ0v) is 10.8. The molecule has 2 amide bonds. The lowest BCUT2D eigenvalue weighted by Crippen LogP contribution is -2.38. The number of nitrogens with one attached hydrogen (secondary N) is 3. The van der Waals surface area contributed by atoms with Crippen molar-refractivity contribution in [2.75, 3.05) is 18.4 Å². The summed E-state index contributed by atoms with van der Waals surface area (Å²) in [6.07, 6.45) is 1.28. The largest absolute Gasteiger partial charge is 0.369 e. The van der Waals surface area contributed by atoms with Gasteiger partial charge in [-0.05, 0) is 25.5 Å². The van der Waals surface area contributed by atoms with Crippen LogP contribution in [0.15, 0.2) is 12.1 Å². The van der Waals surface area contributed by atoms with Gasteiger partial charge in [-0.25, -0.2) is 0 Å². The maximum absolute atomic E-state index is 11.8. The predicted octanol–water partition coefficient (Wildman–Crippen LogP) is -0.0832. The van der Waals surface area contributed by atoms with Gasteiger partial charge in [0, 0.05) is 25.6 Å². The van der Waals surface area contributed by atoms with Crippen molar-refractivity contribution in [3.63, 3.8) is 0 Å². The zero-order chi connectivity index (χ0) is 13.7. The summed E-state index contributed by atoms with van der Waals surface area (Å²) in [5.41, 5.74) is 0.269. The van der Waals surface area contributed by atoms with E-state index in [0.717, 1.165) is 13.0 Å². The number of rotatable bonds is 5. The average Bonchev–Trinajstić information content (AvgIpc) is 2.83. The SMILES string of the molecule is CCNc1ccc(C(=O)NCC2CCC(=O)N2)nn1. The van der Waals surface area contributed by atoms with Crippen molar-refractivity contribution in [3.05, 3.63) is 17.8 Å². The second kappa shape index (κ2) is 6.12. The van der Waals surface area contributed by atoms with E-state index in [2.05, 4.69) is 26.1 Å². The highest BCUT2D eigenvalue weighted by atomic mass is 16.2. The minimum atomic E-state index is -0.281. The molecule has 0 aromatic carbocycles. The summed E-state index contributed by atoms with van der Waals surface area (Å²) in [6.45, 7) is 3.13. The second-order valence-electron chi connectivity index (χ2n) is 4.35. The van der Waals surface area contributed by atoms with Crippen LogP contribution in [-0.4, -0.2) is 41.1 Å². The van der Waals surface area contributed by atoms with E-state index in [9.17, 15) is 9.59 Å². The summed E-state index contributed by atoms with van der Waals surface area (Å²) in [5.74, 6) is 0.396. The summed E-state index contributed by atoms with van der Waals surface area (Å²) in [4.78, 5) is 22.8. The first kappa shape index (κ1) is 13.3. The number of hydrogen-bond acceptors (Lipinski definition) is 5. The quantitative estimate of drug-likeness (QED) is 0.690. The molecule has 7 heteroatoms. The average molecular weight is 263 g/mol. The maximum atomic E-state index is 11.8. The number of hydrogen-bond donors (Lipinski definition) is 3. The Balaban J connectivity index is 1.83. The van der Waals surface area contributed by atoms with Gasteiger partial charge in [-0.1, -0.05) is 0 Å². The van der Waals surface area contributed by atoms with Crippen LogP contribution >= 0.6 is 0 Å². The summed E-state index contributed by atoms with van der Waals surface area (Å²) >= 11 is 0. The minimum absolute atomic E-state index is 0.0189. The predicted molar refractivity (Wildman–Crippen MR) is 69.7 cm³/mol. The van der Waals surface area contributed by atoms with Crippen molar-refractivity contribution in [2.24, 2.45) is 0 Å². The second-order valence-corrected chi connectivity index (χ2v) is 4.35. The van der Waals surface area contributed by atoms with Crippen LogP contribution < -0.4 is 16.0 Å². The maximum Gasteiger partial charge on any atom is 0.271 e. The van der Waals surface area contributed by atoms with Crippen LogP contribution in [0.4, 0.5) is 5.82 Å². The third kappa shape index (κ3) is 3.64. The Labute approximate surface area is 111 Å². The van der Waals surface area contributed by atoms with Crippen molar-refractivity contribution < 1.29 is 9.59 Å². The summed E-state index contributed by atoms with van der Waals surface area (Å²) in [6, 6.07) is 3.35. The minimum Gasteiger partial charge on any atom is -0.369 e. The Morgan fingerprint density at radius 1 is 1.47 bits per heavy atom. The fourth-order valence-corrected chi connectivity index (χ4v) is 1.87. The Hall–Kier alpha value is -2.18. The van der Waals surface area contributed by atoms with E-state index in [1.807, 2.05) is 6.92 Å². The highest BCUT2D eigenvalue weighted by Gasteiger charge is 2.21. The van der Waals surface area contributed by atoms with Crippen LogP contribution in [-0.2, 0) is 4.79 Å². The molecule has 0 saturated carbocycles. The Bertz CT molecular complexity index is 460. The number of aromatic nitrogens is 2. The van der Waals surface area contributed by atoms with Gasteiger partial charge in [-0.2, -0.15) is 0 Å². The normalized spacial score (nSPS) is 17.9. The first-order chi connectivity index (χ1) is 9.19. The molecule has 1 aromatic heterocycles. The summed E-state index contributed by atoms with van der Waals surface area (Å²) < 4.78 is 0. The van der Waals surface area contributed by atoms with Gasteiger partial charge in [0.25, 0.3) is 5.91 Å². The highest BCUT2D eigenvalue weighted by Crippen LogP contribution is 2.06. The highest BCUT2D eigenvalue weighted by molar-refractivity contribution is 5.92. The third-order valence-corrected chi connectivity index (χ3v) is 2.85. The number of carbonyl (C=O) groups is 2. The zero-order valence-electron chi connectivity index (χ0n) is 10.8. The van der Waals surface area contributed by atoms with Gasteiger partial charge >= 0.3 is 0 Å². The van der Waals surface area contributed by atoms with E-state index < -0.39 is 0 Å². The standard InChI is InChI=1S/C12H17N5O2/c1-2-13-10-5-4-9(16-17-10)12(19)14-7-8-3-6-11(18)15-8/h4-5,8H,2-3,6-7H2,1H3,(H,13,17)(H,14,19)(H,15,18). The molecule has 0 radical (unpaired) electrons. The van der Waals surface area contributed by atoms with Gasteiger partial charge in [-0.3, -0.25) is 9.59 Å². The Morgan fingerprint density at radius 3 is 2.89 bits per heavy atom. The summed E-state index contributed by atoms with van der Waals surface area (Å²) in [5, 5.41) is 16.3. The molecule has 1 atom stereocenters. The molecule has 2 heterocycles. The van der Waals surface area contributed by atoms with E-state index in [1.165, 1.54) is 0 Å². The first-order valence-corrected chi connectivity index (χ1v) is 6.34. The van der Waals surface area contributed by atoms with Crippen LogP contribution in [0.3, 0.4) is 0 Å². The van der Waals surface area contributed by atoms with Crippen molar-refractivity contribution in [1.82, 2.24) is 20.8 Å². The van der Waals surface area contributed by atoms with Crippen LogP contribution in [0.1, 0.15) is 30.3 Å². The Kier molecular flexibility index (Phi) is 4.27. The van der Waals surface area contributed by atoms with E-state index in [4.69, 9.17) is 0 Å². The first-order valence-electron chi connectivity index (χ1n) is 6.34. The van der Waals surface area contributed by atoms with Gasteiger partial charge in [-0.15, -0.1) is 10.2 Å². The molecule has 0 spiro atoms. The van der Waals surface area contributed by atoms with Gasteiger partial charge in [0.2, 0.25) is 5.91 Å². The van der Waals surface area contributed by atoms with Crippen LogP contribution in [0.25, 0.3) is 0 Å². The molecule has 0 aliphatic carbocycles. The summed E-state index contributed by atoms with van der Waals surface area (Å²) in [7, 11) is 0. The molecule has 1 aliphatic rings. The van der Waals surface area contributed by atoms with E-state index in [-0.39, 0.29) is 23.6 Å². The van der Waals surface area contributed by atoms with E-state index in [0.29, 0.717) is 18.8 Å². The number of amides is 2. The topological polar surface area (TPSA) is 96.0 Å². The van der Waals surface area contributed by atoms with Gasteiger partial charge in [0.05, 0.1) is 0 Å². The van der Waals surface area contributed by atoms with Crippen molar-refractivity contribution in [2.45, 2.75) is 25.8 Å². The van der Waals surface area contributed by atoms with E-state index >= 15 is 0 Å². The smallest absolute Gasteiger partial charge is 0.271 e. The lowest BCUT2D eigenvalue weighted by molar-refractivity contribution is -0.119. The van der Waals surface area contributed by atoms with Crippen molar-refractivity contribution >= 4 is 17.6 Å². The van der Waals surface area contributed by atoms with Gasteiger partial charge < -0.3 is 16.0 Å². The number of nitrogens with zero attached hydrogens (tertiary/aromatic N) is 2. The molecule has 19 heavy (non-hydrogen) atoms. The molecule has 2 rings (SSSR count). The van der Waals surface area contributed by atoms with Crippen LogP contribution in [0.5, 0.6) is 0 Å². The molecule has 1 unspecified atom stereocenters. The van der Waals surface area contributed by atoms with E-state index in [1.54, 1.807) is 12.1 Å². The van der Waals surface area contributed by atoms with Crippen molar-refractivity contribution in [1.29, 1.82) is 0 Å². The number of carbonyl (C=O) groups excluding carboxylic acids is 2. The molecule has 1 aromatic rings. The molecule has 3 N–H and O–H groups in total. The van der Waals surface area contributed by atoms with Crippen LogP contribution in [0, 0.1) is 0 Å². The molecule has 7 nitrogen and oxygen atoms in total. The molecule has 1 aliphatic heterocycles.